The number of halogens is 1. The van der Waals surface area contributed by atoms with Gasteiger partial charge in [-0.2, -0.15) is 0 Å². The summed E-state index contributed by atoms with van der Waals surface area (Å²) in [5.41, 5.74) is 4.03. The van der Waals surface area contributed by atoms with Crippen molar-refractivity contribution < 1.29 is 4.39 Å². The van der Waals surface area contributed by atoms with Crippen LogP contribution in [0.4, 0.5) is 4.39 Å². The topological polar surface area (TPSA) is 0 Å². The number of rotatable bonds is 10. The van der Waals surface area contributed by atoms with Gasteiger partial charge in [-0.05, 0) is 60.4 Å². The summed E-state index contributed by atoms with van der Waals surface area (Å²) < 4.78 is 15.0. The van der Waals surface area contributed by atoms with E-state index in [4.69, 9.17) is 0 Å². The molecule has 1 heteroatoms. The van der Waals surface area contributed by atoms with Gasteiger partial charge in [-0.25, -0.2) is 4.39 Å². The van der Waals surface area contributed by atoms with Crippen molar-refractivity contribution in [3.8, 4) is 11.8 Å². The lowest BCUT2D eigenvalue weighted by Crippen LogP contribution is -1.90. The van der Waals surface area contributed by atoms with Gasteiger partial charge in [-0.1, -0.05) is 101 Å². The van der Waals surface area contributed by atoms with E-state index in [1.807, 2.05) is 30.3 Å². The van der Waals surface area contributed by atoms with E-state index in [0.29, 0.717) is 10.9 Å². The molecule has 3 aromatic carbocycles. The Kier molecular flexibility index (Phi) is 9.16. The highest BCUT2D eigenvalue weighted by Crippen LogP contribution is 2.23. The van der Waals surface area contributed by atoms with E-state index in [9.17, 15) is 0 Å². The molecule has 0 aliphatic carbocycles. The zero-order chi connectivity index (χ0) is 21.9. The average molecular weight is 415 g/mol. The summed E-state index contributed by atoms with van der Waals surface area (Å²) in [5, 5.41) is 1.62. The molecule has 0 unspecified atom stereocenters. The fourth-order valence-electron chi connectivity index (χ4n) is 4.00. The van der Waals surface area contributed by atoms with Crippen LogP contribution in [0.2, 0.25) is 0 Å². The van der Waals surface area contributed by atoms with Gasteiger partial charge in [0.15, 0.2) is 0 Å². The maximum Gasteiger partial charge on any atom is 0.146 e. The quantitative estimate of drug-likeness (QED) is 0.230. The van der Waals surface area contributed by atoms with E-state index in [1.165, 1.54) is 62.5 Å². The van der Waals surface area contributed by atoms with Gasteiger partial charge in [0.05, 0.1) is 5.56 Å². The molecule has 0 atom stereocenters. The molecule has 0 spiro atoms. The Bertz CT molecular complexity index is 1020. The Morgan fingerprint density at radius 3 is 1.97 bits per heavy atom. The molecule has 0 heterocycles. The number of unbranched alkanes of at least 4 members (excludes halogenated alkanes) is 6. The molecular weight excluding hydrogens is 379 g/mol. The summed E-state index contributed by atoms with van der Waals surface area (Å²) in [7, 11) is 0. The molecule has 0 aromatic heterocycles. The molecule has 0 fully saturated rings. The summed E-state index contributed by atoms with van der Waals surface area (Å²) >= 11 is 0. The number of hydrogen-bond acceptors (Lipinski definition) is 0. The van der Waals surface area contributed by atoms with Gasteiger partial charge in [-0.15, -0.1) is 0 Å². The van der Waals surface area contributed by atoms with Crippen LogP contribution in [-0.4, -0.2) is 0 Å². The first-order valence-electron chi connectivity index (χ1n) is 12.0. The lowest BCUT2D eigenvalue weighted by Gasteiger charge is -2.06. The fraction of sp³-hybridized carbons (Fsp3) is 0.400. The number of benzene rings is 3. The van der Waals surface area contributed by atoms with Crippen molar-refractivity contribution in [3.63, 3.8) is 0 Å². The predicted octanol–water partition coefficient (Wildman–Crippen LogP) is 8.62. The molecule has 0 aliphatic rings. The fourth-order valence-corrected chi connectivity index (χ4v) is 4.00. The minimum atomic E-state index is -0.213. The number of fused-ring (bicyclic) bond motifs is 1. The van der Waals surface area contributed by atoms with E-state index in [1.54, 1.807) is 0 Å². The van der Waals surface area contributed by atoms with E-state index in [0.717, 1.165) is 23.8 Å². The van der Waals surface area contributed by atoms with E-state index in [2.05, 4.69) is 50.0 Å². The van der Waals surface area contributed by atoms with Crippen molar-refractivity contribution in [1.82, 2.24) is 0 Å². The lowest BCUT2D eigenvalue weighted by atomic mass is 10.00. The van der Waals surface area contributed by atoms with Crippen LogP contribution in [0.3, 0.4) is 0 Å². The Morgan fingerprint density at radius 1 is 0.645 bits per heavy atom. The third kappa shape index (κ3) is 6.96. The largest absolute Gasteiger partial charge is 0.205 e. The zero-order valence-electron chi connectivity index (χ0n) is 19.1. The summed E-state index contributed by atoms with van der Waals surface area (Å²) in [6.45, 7) is 4.46. The molecule has 0 amide bonds. The highest BCUT2D eigenvalue weighted by Gasteiger charge is 2.06. The second kappa shape index (κ2) is 12.3. The van der Waals surface area contributed by atoms with E-state index < -0.39 is 0 Å². The van der Waals surface area contributed by atoms with E-state index >= 15 is 4.39 Å². The van der Waals surface area contributed by atoms with Crippen molar-refractivity contribution in [1.29, 1.82) is 0 Å². The van der Waals surface area contributed by atoms with Gasteiger partial charge in [-0.3, -0.25) is 0 Å². The van der Waals surface area contributed by atoms with Crippen LogP contribution in [0, 0.1) is 17.7 Å². The molecular formula is C30H35F. The maximum absolute atomic E-state index is 15.0. The third-order valence-corrected chi connectivity index (χ3v) is 5.95. The predicted molar refractivity (Wildman–Crippen MR) is 132 cm³/mol. The van der Waals surface area contributed by atoms with Crippen molar-refractivity contribution in [2.75, 3.05) is 0 Å². The molecule has 0 aliphatic heterocycles. The Labute approximate surface area is 187 Å². The van der Waals surface area contributed by atoms with Crippen LogP contribution in [-0.2, 0) is 12.8 Å². The van der Waals surface area contributed by atoms with Crippen LogP contribution in [0.15, 0.2) is 54.6 Å². The second-order valence-electron chi connectivity index (χ2n) is 8.55. The molecule has 162 valence electrons. The summed E-state index contributed by atoms with van der Waals surface area (Å²) in [5.74, 6) is 5.96. The van der Waals surface area contributed by atoms with Crippen molar-refractivity contribution in [3.05, 3.63) is 82.7 Å². The monoisotopic (exact) mass is 414 g/mol. The smallest absolute Gasteiger partial charge is 0.146 e. The SMILES string of the molecule is CCCCCCc1ccc(C#Cc2ccc3cc(CCCCCC)ccc3c2F)cc1. The standard InChI is InChI=1S/C30H35F/c1-3-5-7-9-11-24-13-15-25(16-14-24)17-19-27-20-21-28-23-26(12-10-8-6-4-2)18-22-29(28)30(27)31/h13-16,18,20-23H,3-12H2,1-2H3. The summed E-state index contributed by atoms with van der Waals surface area (Å²) in [4.78, 5) is 0. The van der Waals surface area contributed by atoms with Gasteiger partial charge >= 0.3 is 0 Å². The molecule has 0 saturated carbocycles. The highest BCUT2D eigenvalue weighted by atomic mass is 19.1. The molecule has 31 heavy (non-hydrogen) atoms. The molecule has 3 aromatic rings. The summed E-state index contributed by atoms with van der Waals surface area (Å²) in [6.07, 6.45) is 12.3. The third-order valence-electron chi connectivity index (χ3n) is 5.95. The minimum absolute atomic E-state index is 0.213. The van der Waals surface area contributed by atoms with Gasteiger partial charge in [0.1, 0.15) is 5.82 Å². The summed E-state index contributed by atoms with van der Waals surface area (Å²) in [6, 6.07) is 18.3. The Morgan fingerprint density at radius 2 is 1.29 bits per heavy atom. The van der Waals surface area contributed by atoms with Crippen molar-refractivity contribution in [2.24, 2.45) is 0 Å². The van der Waals surface area contributed by atoms with Gasteiger partial charge in [0, 0.05) is 10.9 Å². The van der Waals surface area contributed by atoms with Crippen LogP contribution in [0.1, 0.15) is 87.5 Å². The van der Waals surface area contributed by atoms with Crippen molar-refractivity contribution in [2.45, 2.75) is 78.1 Å². The molecule has 3 rings (SSSR count). The molecule has 0 radical (unpaired) electrons. The Balaban J connectivity index is 1.67. The second-order valence-corrected chi connectivity index (χ2v) is 8.55. The van der Waals surface area contributed by atoms with Gasteiger partial charge in [0.25, 0.3) is 0 Å². The molecule has 0 nitrogen and oxygen atoms in total. The molecule has 0 saturated heterocycles. The van der Waals surface area contributed by atoms with Crippen LogP contribution in [0.5, 0.6) is 0 Å². The van der Waals surface area contributed by atoms with Crippen molar-refractivity contribution >= 4 is 10.8 Å². The molecule has 0 bridgehead atoms. The number of hydrogen-bond donors (Lipinski definition) is 0. The van der Waals surface area contributed by atoms with E-state index in [-0.39, 0.29) is 5.82 Å². The van der Waals surface area contributed by atoms with Gasteiger partial charge in [0.2, 0.25) is 0 Å². The maximum atomic E-state index is 15.0. The van der Waals surface area contributed by atoms with Crippen LogP contribution >= 0.6 is 0 Å². The minimum Gasteiger partial charge on any atom is -0.205 e. The first-order chi connectivity index (χ1) is 15.2. The first kappa shape index (κ1) is 23.1. The highest BCUT2D eigenvalue weighted by molar-refractivity contribution is 5.85. The van der Waals surface area contributed by atoms with Gasteiger partial charge < -0.3 is 0 Å². The Hall–Kier alpha value is -2.59. The van der Waals surface area contributed by atoms with Crippen LogP contribution < -0.4 is 0 Å². The number of aryl methyl sites for hydroxylation is 2. The first-order valence-corrected chi connectivity index (χ1v) is 12.0. The average Bonchev–Trinajstić information content (AvgIpc) is 2.80. The zero-order valence-corrected chi connectivity index (χ0v) is 19.1. The normalized spacial score (nSPS) is 10.8. The molecule has 0 N–H and O–H groups in total. The van der Waals surface area contributed by atoms with Crippen LogP contribution in [0.25, 0.3) is 10.8 Å². The lowest BCUT2D eigenvalue weighted by molar-refractivity contribution is 0.636.